The highest BCUT2D eigenvalue weighted by Gasteiger charge is 2.36. The van der Waals surface area contributed by atoms with E-state index in [2.05, 4.69) is 17.6 Å². The molecule has 0 aliphatic carbocycles. The molecule has 3 rings (SSSR count). The van der Waals surface area contributed by atoms with Crippen LogP contribution in [0.5, 0.6) is 0 Å². The number of hydrogen-bond acceptors (Lipinski definition) is 1. The molecule has 0 atom stereocenters. The molecule has 0 saturated carbocycles. The molecular weight excluding hydrogens is 122 g/mol. The summed E-state index contributed by atoms with van der Waals surface area (Å²) in [5.41, 5.74) is 0.550. The lowest BCUT2D eigenvalue weighted by Gasteiger charge is -2.46. The van der Waals surface area contributed by atoms with Crippen LogP contribution in [0.25, 0.3) is 0 Å². The highest BCUT2D eigenvalue weighted by molar-refractivity contribution is 5.02. The molecule has 3 aliphatic heterocycles. The van der Waals surface area contributed by atoms with Crippen LogP contribution in [-0.4, -0.2) is 24.5 Å². The van der Waals surface area contributed by atoms with Crippen molar-refractivity contribution in [1.82, 2.24) is 4.90 Å². The Bertz CT molecular complexity index is 129. The van der Waals surface area contributed by atoms with Crippen LogP contribution in [0, 0.1) is 5.41 Å². The Labute approximate surface area is 62.7 Å². The first-order chi connectivity index (χ1) is 4.85. The van der Waals surface area contributed by atoms with Gasteiger partial charge in [0.1, 0.15) is 0 Å². The van der Waals surface area contributed by atoms with E-state index in [-0.39, 0.29) is 0 Å². The van der Waals surface area contributed by atoms with Crippen molar-refractivity contribution >= 4 is 0 Å². The molecule has 3 aliphatic rings. The summed E-state index contributed by atoms with van der Waals surface area (Å²) in [6, 6.07) is 0. The van der Waals surface area contributed by atoms with Gasteiger partial charge >= 0.3 is 0 Å². The predicted molar refractivity (Wildman–Crippen MR) is 42.9 cm³/mol. The van der Waals surface area contributed by atoms with Gasteiger partial charge in [0.25, 0.3) is 0 Å². The lowest BCUT2D eigenvalue weighted by Crippen LogP contribution is -2.47. The third kappa shape index (κ3) is 0.807. The zero-order valence-corrected chi connectivity index (χ0v) is 6.47. The maximum Gasteiger partial charge on any atom is -0.00104 e. The Morgan fingerprint density at radius 3 is 1.90 bits per heavy atom. The van der Waals surface area contributed by atoms with Gasteiger partial charge in [-0.3, -0.25) is 0 Å². The maximum atomic E-state index is 3.93. The first kappa shape index (κ1) is 6.41. The van der Waals surface area contributed by atoms with E-state index in [0.717, 1.165) is 0 Å². The van der Waals surface area contributed by atoms with Crippen LogP contribution in [0.1, 0.15) is 19.3 Å². The van der Waals surface area contributed by atoms with Gasteiger partial charge in [-0.15, -0.1) is 6.58 Å². The van der Waals surface area contributed by atoms with E-state index in [0.29, 0.717) is 5.41 Å². The number of fused-ring (bicyclic) bond motifs is 3. The van der Waals surface area contributed by atoms with Gasteiger partial charge in [-0.05, 0) is 44.3 Å². The van der Waals surface area contributed by atoms with Crippen molar-refractivity contribution in [2.45, 2.75) is 19.3 Å². The number of nitrogens with zero attached hydrogens (tertiary/aromatic N) is 1. The minimum absolute atomic E-state index is 0.550. The van der Waals surface area contributed by atoms with Crippen molar-refractivity contribution in [3.63, 3.8) is 0 Å². The Kier molecular flexibility index (Phi) is 1.34. The molecule has 1 nitrogen and oxygen atoms in total. The Hall–Kier alpha value is -0.300. The fraction of sp³-hybridized carbons (Fsp3) is 0.778. The van der Waals surface area contributed by atoms with Crippen molar-refractivity contribution in [2.75, 3.05) is 19.6 Å². The Morgan fingerprint density at radius 2 is 1.60 bits per heavy atom. The minimum atomic E-state index is 0.550. The van der Waals surface area contributed by atoms with Crippen molar-refractivity contribution in [1.29, 1.82) is 0 Å². The SMILES string of the molecule is C=CC12CCN(CC1)CC2. The maximum absolute atomic E-state index is 3.93. The normalized spacial score (nSPS) is 45.4. The zero-order chi connectivity index (χ0) is 7.03. The Balaban J connectivity index is 2.15. The number of hydrogen-bond donors (Lipinski definition) is 0. The average Bonchev–Trinajstić information content (AvgIpc) is 2.08. The van der Waals surface area contributed by atoms with Gasteiger partial charge in [-0.1, -0.05) is 6.08 Å². The molecule has 0 aromatic carbocycles. The van der Waals surface area contributed by atoms with Crippen LogP contribution >= 0.6 is 0 Å². The fourth-order valence-electron chi connectivity index (χ4n) is 2.16. The topological polar surface area (TPSA) is 3.24 Å². The number of rotatable bonds is 1. The highest BCUT2D eigenvalue weighted by atomic mass is 15.1. The van der Waals surface area contributed by atoms with E-state index in [9.17, 15) is 0 Å². The van der Waals surface area contributed by atoms with Crippen molar-refractivity contribution < 1.29 is 0 Å². The van der Waals surface area contributed by atoms with E-state index in [4.69, 9.17) is 0 Å². The molecule has 1 heteroatoms. The molecule has 0 N–H and O–H groups in total. The van der Waals surface area contributed by atoms with Gasteiger partial charge in [0.05, 0.1) is 0 Å². The van der Waals surface area contributed by atoms with Crippen LogP contribution in [0.4, 0.5) is 0 Å². The summed E-state index contributed by atoms with van der Waals surface area (Å²) in [6.45, 7) is 7.87. The van der Waals surface area contributed by atoms with E-state index in [1.807, 2.05) is 0 Å². The van der Waals surface area contributed by atoms with Gasteiger partial charge in [-0.25, -0.2) is 0 Å². The van der Waals surface area contributed by atoms with Crippen LogP contribution in [0.15, 0.2) is 12.7 Å². The molecule has 0 unspecified atom stereocenters. The van der Waals surface area contributed by atoms with Crippen LogP contribution in [0.2, 0.25) is 0 Å². The second-order valence-corrected chi connectivity index (χ2v) is 3.66. The van der Waals surface area contributed by atoms with Gasteiger partial charge in [0.2, 0.25) is 0 Å². The van der Waals surface area contributed by atoms with E-state index < -0.39 is 0 Å². The molecule has 10 heavy (non-hydrogen) atoms. The van der Waals surface area contributed by atoms with Crippen molar-refractivity contribution in [2.24, 2.45) is 5.41 Å². The van der Waals surface area contributed by atoms with E-state index >= 15 is 0 Å². The summed E-state index contributed by atoms with van der Waals surface area (Å²) in [6.07, 6.45) is 6.27. The lowest BCUT2D eigenvalue weighted by molar-refractivity contribution is 0.0616. The molecule has 0 aromatic heterocycles. The monoisotopic (exact) mass is 137 g/mol. The molecular formula is C9H15N. The van der Waals surface area contributed by atoms with Gasteiger partial charge < -0.3 is 4.90 Å². The van der Waals surface area contributed by atoms with E-state index in [1.54, 1.807) is 0 Å². The number of allylic oxidation sites excluding steroid dienone is 1. The zero-order valence-electron chi connectivity index (χ0n) is 6.47. The second-order valence-electron chi connectivity index (χ2n) is 3.66. The average molecular weight is 137 g/mol. The summed E-state index contributed by atoms with van der Waals surface area (Å²) in [5, 5.41) is 0. The summed E-state index contributed by atoms with van der Waals surface area (Å²) >= 11 is 0. The molecule has 0 spiro atoms. The van der Waals surface area contributed by atoms with E-state index in [1.165, 1.54) is 38.9 Å². The lowest BCUT2D eigenvalue weighted by atomic mass is 9.72. The van der Waals surface area contributed by atoms with Gasteiger partial charge in [0.15, 0.2) is 0 Å². The largest absolute Gasteiger partial charge is 0.303 e. The predicted octanol–water partition coefficient (Wildman–Crippen LogP) is 1.66. The third-order valence-corrected chi connectivity index (χ3v) is 3.21. The fourth-order valence-corrected chi connectivity index (χ4v) is 2.16. The van der Waals surface area contributed by atoms with Crippen LogP contribution in [-0.2, 0) is 0 Å². The number of piperidine rings is 3. The third-order valence-electron chi connectivity index (χ3n) is 3.21. The second kappa shape index (κ2) is 2.09. The summed E-state index contributed by atoms with van der Waals surface area (Å²) in [7, 11) is 0. The molecule has 0 aromatic rings. The molecule has 2 bridgehead atoms. The summed E-state index contributed by atoms with van der Waals surface area (Å²) < 4.78 is 0. The first-order valence-corrected chi connectivity index (χ1v) is 4.21. The van der Waals surface area contributed by atoms with Crippen LogP contribution in [0.3, 0.4) is 0 Å². The summed E-state index contributed by atoms with van der Waals surface area (Å²) in [4.78, 5) is 2.56. The minimum Gasteiger partial charge on any atom is -0.303 e. The van der Waals surface area contributed by atoms with Gasteiger partial charge in [0, 0.05) is 0 Å². The molecule has 56 valence electrons. The quantitative estimate of drug-likeness (QED) is 0.497. The molecule has 0 amide bonds. The molecule has 3 saturated heterocycles. The molecule has 3 fully saturated rings. The summed E-state index contributed by atoms with van der Waals surface area (Å²) in [5.74, 6) is 0. The van der Waals surface area contributed by atoms with Crippen molar-refractivity contribution in [3.05, 3.63) is 12.7 Å². The molecule has 0 radical (unpaired) electrons. The Morgan fingerprint density at radius 1 is 1.10 bits per heavy atom. The highest BCUT2D eigenvalue weighted by Crippen LogP contribution is 2.40. The van der Waals surface area contributed by atoms with Crippen molar-refractivity contribution in [3.8, 4) is 0 Å². The van der Waals surface area contributed by atoms with Crippen LogP contribution < -0.4 is 0 Å². The smallest absolute Gasteiger partial charge is 0.00104 e. The standard InChI is InChI=1S/C9H15N/c1-2-9-3-6-10(7-4-9)8-5-9/h2H,1,3-8H2. The first-order valence-electron chi connectivity index (χ1n) is 4.21. The molecule has 3 heterocycles. The van der Waals surface area contributed by atoms with Gasteiger partial charge in [-0.2, -0.15) is 0 Å².